The van der Waals surface area contributed by atoms with Crippen molar-refractivity contribution in [1.29, 1.82) is 0 Å². The number of furan rings is 1. The Labute approximate surface area is 120 Å². The topological polar surface area (TPSA) is 85.3 Å². The Morgan fingerprint density at radius 3 is 2.52 bits per heavy atom. The number of nitrogens with one attached hydrogen (secondary N) is 1. The first kappa shape index (κ1) is 15.5. The van der Waals surface area contributed by atoms with Gasteiger partial charge in [0.1, 0.15) is 16.4 Å². The van der Waals surface area contributed by atoms with E-state index >= 15 is 0 Å². The minimum atomic E-state index is -4.14. The molecule has 114 valence electrons. The number of nitrogens with two attached hydrogens (primary N) is 1. The SMILES string of the molecule is Cc1oc(C)c(S(=O)(=O)Nc2cccc(F)c2F)c1CN. The standard InChI is InChI=1S/C13H14F2N2O3S/c1-7-9(6-16)13(8(2)20-7)21(18,19)17-11-5-3-4-10(14)12(11)15/h3-5,17H,6,16H2,1-2H3. The second-order valence-corrected chi connectivity index (χ2v) is 6.05. The van der Waals surface area contributed by atoms with Crippen molar-refractivity contribution < 1.29 is 21.6 Å². The van der Waals surface area contributed by atoms with Crippen LogP contribution in [0.25, 0.3) is 0 Å². The van der Waals surface area contributed by atoms with Gasteiger partial charge in [-0.15, -0.1) is 0 Å². The van der Waals surface area contributed by atoms with Crippen molar-refractivity contribution in [2.45, 2.75) is 25.3 Å². The van der Waals surface area contributed by atoms with E-state index < -0.39 is 27.3 Å². The molecule has 1 aromatic carbocycles. The highest BCUT2D eigenvalue weighted by Crippen LogP contribution is 2.29. The van der Waals surface area contributed by atoms with E-state index in [0.717, 1.165) is 12.1 Å². The van der Waals surface area contributed by atoms with Crippen LogP contribution < -0.4 is 10.5 Å². The zero-order valence-electron chi connectivity index (χ0n) is 11.4. The third-order valence-electron chi connectivity index (χ3n) is 2.99. The maximum absolute atomic E-state index is 13.6. The van der Waals surface area contributed by atoms with Gasteiger partial charge >= 0.3 is 0 Å². The Hall–Kier alpha value is -1.93. The average Bonchev–Trinajstić information content (AvgIpc) is 2.69. The summed E-state index contributed by atoms with van der Waals surface area (Å²) in [6.45, 7) is 2.99. The van der Waals surface area contributed by atoms with Crippen LogP contribution in [-0.2, 0) is 16.6 Å². The number of hydrogen-bond donors (Lipinski definition) is 2. The van der Waals surface area contributed by atoms with E-state index in [0.29, 0.717) is 11.3 Å². The minimum Gasteiger partial charge on any atom is -0.465 e. The summed E-state index contributed by atoms with van der Waals surface area (Å²) in [5, 5.41) is 0. The zero-order valence-corrected chi connectivity index (χ0v) is 12.2. The van der Waals surface area contributed by atoms with Gasteiger partial charge in [-0.05, 0) is 26.0 Å². The van der Waals surface area contributed by atoms with Gasteiger partial charge in [0.25, 0.3) is 10.0 Å². The fourth-order valence-electron chi connectivity index (χ4n) is 2.08. The van der Waals surface area contributed by atoms with Gasteiger partial charge < -0.3 is 10.2 Å². The van der Waals surface area contributed by atoms with E-state index in [4.69, 9.17) is 10.2 Å². The van der Waals surface area contributed by atoms with Gasteiger partial charge in [-0.1, -0.05) is 6.07 Å². The predicted molar refractivity (Wildman–Crippen MR) is 73.2 cm³/mol. The summed E-state index contributed by atoms with van der Waals surface area (Å²) in [6.07, 6.45) is 0. The van der Waals surface area contributed by atoms with Crippen LogP contribution in [0.4, 0.5) is 14.5 Å². The second-order valence-electron chi connectivity index (χ2n) is 4.43. The Balaban J connectivity index is 2.51. The lowest BCUT2D eigenvalue weighted by Crippen LogP contribution is -2.17. The number of halogens is 2. The van der Waals surface area contributed by atoms with Crippen LogP contribution in [0.2, 0.25) is 0 Å². The summed E-state index contributed by atoms with van der Waals surface area (Å²) in [4.78, 5) is -0.147. The van der Waals surface area contributed by atoms with Crippen LogP contribution in [0.1, 0.15) is 17.1 Å². The van der Waals surface area contributed by atoms with Crippen LogP contribution >= 0.6 is 0 Å². The lowest BCUT2D eigenvalue weighted by Gasteiger charge is -2.10. The smallest absolute Gasteiger partial charge is 0.265 e. The van der Waals surface area contributed by atoms with Gasteiger partial charge in [0.05, 0.1) is 5.69 Å². The number of benzene rings is 1. The molecule has 21 heavy (non-hydrogen) atoms. The van der Waals surface area contributed by atoms with Gasteiger partial charge in [0, 0.05) is 12.1 Å². The van der Waals surface area contributed by atoms with Crippen molar-refractivity contribution in [1.82, 2.24) is 0 Å². The van der Waals surface area contributed by atoms with Gasteiger partial charge in [0.15, 0.2) is 11.6 Å². The maximum Gasteiger partial charge on any atom is 0.265 e. The predicted octanol–water partition coefficient (Wildman–Crippen LogP) is 2.43. The molecule has 3 N–H and O–H groups in total. The van der Waals surface area contributed by atoms with Gasteiger partial charge in [-0.25, -0.2) is 17.2 Å². The molecule has 2 aromatic rings. The van der Waals surface area contributed by atoms with E-state index in [1.165, 1.54) is 13.0 Å². The highest BCUT2D eigenvalue weighted by molar-refractivity contribution is 7.92. The van der Waals surface area contributed by atoms with Gasteiger partial charge in [-0.2, -0.15) is 0 Å². The molecule has 0 atom stereocenters. The number of aryl methyl sites for hydroxylation is 2. The summed E-state index contributed by atoms with van der Waals surface area (Å²) in [5.74, 6) is -1.91. The second kappa shape index (κ2) is 5.45. The Morgan fingerprint density at radius 1 is 1.24 bits per heavy atom. The number of hydrogen-bond acceptors (Lipinski definition) is 4. The molecule has 0 saturated carbocycles. The van der Waals surface area contributed by atoms with Crippen molar-refractivity contribution in [3.63, 3.8) is 0 Å². The van der Waals surface area contributed by atoms with E-state index in [-0.39, 0.29) is 17.2 Å². The van der Waals surface area contributed by atoms with Gasteiger partial charge in [0.2, 0.25) is 0 Å². The van der Waals surface area contributed by atoms with E-state index in [9.17, 15) is 17.2 Å². The Bertz CT molecular complexity index is 785. The molecule has 0 aliphatic carbocycles. The Kier molecular flexibility index (Phi) is 4.02. The van der Waals surface area contributed by atoms with Crippen molar-refractivity contribution >= 4 is 15.7 Å². The highest BCUT2D eigenvalue weighted by atomic mass is 32.2. The molecule has 2 rings (SSSR count). The fourth-order valence-corrected chi connectivity index (χ4v) is 3.60. The molecule has 0 unspecified atom stereocenters. The molecule has 8 heteroatoms. The monoisotopic (exact) mass is 316 g/mol. The van der Waals surface area contributed by atoms with Gasteiger partial charge in [-0.3, -0.25) is 4.72 Å². The molecule has 0 radical (unpaired) electrons. The third-order valence-corrected chi connectivity index (χ3v) is 4.55. The summed E-state index contributed by atoms with van der Waals surface area (Å²) in [5.41, 5.74) is 5.35. The number of anilines is 1. The molecule has 0 saturated heterocycles. The van der Waals surface area contributed by atoms with Crippen LogP contribution in [-0.4, -0.2) is 8.42 Å². The van der Waals surface area contributed by atoms with E-state index in [2.05, 4.69) is 0 Å². The van der Waals surface area contributed by atoms with E-state index in [1.807, 2.05) is 4.72 Å². The largest absolute Gasteiger partial charge is 0.465 e. The molecule has 5 nitrogen and oxygen atoms in total. The maximum atomic E-state index is 13.6. The van der Waals surface area contributed by atoms with Crippen LogP contribution in [0, 0.1) is 25.5 Å². The molecular weight excluding hydrogens is 302 g/mol. The molecule has 0 amide bonds. The summed E-state index contributed by atoms with van der Waals surface area (Å²) < 4.78 is 58.7. The zero-order chi connectivity index (χ0) is 15.8. The van der Waals surface area contributed by atoms with Crippen LogP contribution in [0.5, 0.6) is 0 Å². The quantitative estimate of drug-likeness (QED) is 0.907. The summed E-state index contributed by atoms with van der Waals surface area (Å²) in [7, 11) is -4.14. The average molecular weight is 316 g/mol. The molecule has 1 heterocycles. The van der Waals surface area contributed by atoms with Crippen molar-refractivity contribution in [3.05, 3.63) is 46.9 Å². The van der Waals surface area contributed by atoms with Crippen molar-refractivity contribution in [2.24, 2.45) is 5.73 Å². The Morgan fingerprint density at radius 2 is 1.90 bits per heavy atom. The molecule has 1 aromatic heterocycles. The minimum absolute atomic E-state index is 0.0505. The summed E-state index contributed by atoms with van der Waals surface area (Å²) in [6, 6.07) is 3.22. The molecule has 0 spiro atoms. The lowest BCUT2D eigenvalue weighted by atomic mass is 10.2. The van der Waals surface area contributed by atoms with Crippen LogP contribution in [0.15, 0.2) is 27.5 Å². The molecule has 0 fully saturated rings. The first-order chi connectivity index (χ1) is 9.77. The van der Waals surface area contributed by atoms with E-state index in [1.54, 1.807) is 6.92 Å². The normalized spacial score (nSPS) is 11.7. The molecule has 0 aliphatic rings. The molecule has 0 bridgehead atoms. The highest BCUT2D eigenvalue weighted by Gasteiger charge is 2.27. The number of sulfonamides is 1. The number of rotatable bonds is 4. The first-order valence-corrected chi connectivity index (χ1v) is 7.52. The van der Waals surface area contributed by atoms with Crippen LogP contribution in [0.3, 0.4) is 0 Å². The first-order valence-electron chi connectivity index (χ1n) is 6.03. The molecule has 0 aliphatic heterocycles. The van der Waals surface area contributed by atoms with Crippen molar-refractivity contribution in [3.8, 4) is 0 Å². The summed E-state index contributed by atoms with van der Waals surface area (Å²) >= 11 is 0. The van der Waals surface area contributed by atoms with Crippen molar-refractivity contribution in [2.75, 3.05) is 4.72 Å². The lowest BCUT2D eigenvalue weighted by molar-refractivity contribution is 0.494. The molecular formula is C13H14F2N2O3S. The third kappa shape index (κ3) is 2.77. The fraction of sp³-hybridized carbons (Fsp3) is 0.231.